The number of nitrogens with zero attached hydrogens (tertiary/aromatic N) is 1. The maximum Gasteiger partial charge on any atom is 0.223 e. The Balaban J connectivity index is 0.00000441. The molecule has 0 aliphatic heterocycles. The highest BCUT2D eigenvalue weighted by Crippen LogP contribution is 2.24. The molecule has 7 heteroatoms. The highest BCUT2D eigenvalue weighted by molar-refractivity contribution is 14.0. The van der Waals surface area contributed by atoms with Crippen molar-refractivity contribution in [3.05, 3.63) is 0 Å². The first-order valence-electron chi connectivity index (χ1n) is 8.02. The Morgan fingerprint density at radius 2 is 2.09 bits per heavy atom. The van der Waals surface area contributed by atoms with Gasteiger partial charge in [-0.2, -0.15) is 0 Å². The second-order valence-corrected chi connectivity index (χ2v) is 5.85. The van der Waals surface area contributed by atoms with Crippen molar-refractivity contribution in [2.24, 2.45) is 10.9 Å². The first kappa shape index (κ1) is 21.4. The number of aliphatic hydroxyl groups is 1. The molecule has 0 radical (unpaired) electrons. The van der Waals surface area contributed by atoms with Crippen molar-refractivity contribution < 1.29 is 9.90 Å². The molecule has 0 heterocycles. The minimum Gasteiger partial charge on any atom is -0.394 e. The molecule has 1 aliphatic carbocycles. The molecule has 1 fully saturated rings. The molecule has 2 atom stereocenters. The summed E-state index contributed by atoms with van der Waals surface area (Å²) in [6, 6.07) is 0.451. The fraction of sp³-hybridized carbons (Fsp3) is 0.867. The van der Waals surface area contributed by atoms with Gasteiger partial charge in [-0.05, 0) is 40.0 Å². The van der Waals surface area contributed by atoms with Crippen LogP contribution in [0.5, 0.6) is 0 Å². The van der Waals surface area contributed by atoms with E-state index in [0.29, 0.717) is 6.54 Å². The third-order valence-electron chi connectivity index (χ3n) is 3.53. The van der Waals surface area contributed by atoms with E-state index in [1.807, 2.05) is 20.8 Å². The van der Waals surface area contributed by atoms with Crippen LogP contribution in [0, 0.1) is 5.92 Å². The van der Waals surface area contributed by atoms with Gasteiger partial charge in [0, 0.05) is 24.5 Å². The van der Waals surface area contributed by atoms with Crippen LogP contribution in [0.2, 0.25) is 0 Å². The van der Waals surface area contributed by atoms with Gasteiger partial charge in [-0.1, -0.05) is 6.42 Å². The SMILES string of the molecule is CCNC(=NCCO)NC1CCCC(C(=O)NC(C)C)C1.I. The molecule has 2 unspecified atom stereocenters. The third kappa shape index (κ3) is 8.17. The van der Waals surface area contributed by atoms with E-state index in [1.54, 1.807) is 0 Å². The van der Waals surface area contributed by atoms with Crippen molar-refractivity contribution in [3.63, 3.8) is 0 Å². The second-order valence-electron chi connectivity index (χ2n) is 5.85. The molecule has 1 aliphatic rings. The van der Waals surface area contributed by atoms with Gasteiger partial charge >= 0.3 is 0 Å². The van der Waals surface area contributed by atoms with E-state index in [0.717, 1.165) is 38.2 Å². The molecular formula is C15H31IN4O2. The molecule has 4 N–H and O–H groups in total. The minimum atomic E-state index is 0. The topological polar surface area (TPSA) is 85.8 Å². The summed E-state index contributed by atoms with van der Waals surface area (Å²) >= 11 is 0. The van der Waals surface area contributed by atoms with Crippen LogP contribution in [-0.2, 0) is 4.79 Å². The number of aliphatic hydroxyl groups excluding tert-OH is 1. The van der Waals surface area contributed by atoms with Crippen LogP contribution in [0.25, 0.3) is 0 Å². The minimum absolute atomic E-state index is 0. The molecule has 6 nitrogen and oxygen atoms in total. The molecule has 0 aromatic heterocycles. The Morgan fingerprint density at radius 3 is 2.68 bits per heavy atom. The normalized spacial score (nSPS) is 22.0. The van der Waals surface area contributed by atoms with Gasteiger partial charge < -0.3 is 21.1 Å². The van der Waals surface area contributed by atoms with E-state index >= 15 is 0 Å². The lowest BCUT2D eigenvalue weighted by atomic mass is 9.85. The van der Waals surface area contributed by atoms with Crippen molar-refractivity contribution in [2.45, 2.75) is 58.5 Å². The predicted octanol–water partition coefficient (Wildman–Crippen LogP) is 1.24. The Morgan fingerprint density at radius 1 is 1.36 bits per heavy atom. The lowest BCUT2D eigenvalue weighted by Crippen LogP contribution is -2.47. The van der Waals surface area contributed by atoms with E-state index in [9.17, 15) is 4.79 Å². The standard InChI is InChI=1S/C15H30N4O2.HI/c1-4-16-15(17-8-9-20)19-13-7-5-6-12(10-13)14(21)18-11(2)3;/h11-13,20H,4-10H2,1-3H3,(H,18,21)(H2,16,17,19);1H. The molecule has 130 valence electrons. The van der Waals surface area contributed by atoms with Gasteiger partial charge in [-0.3, -0.25) is 9.79 Å². The zero-order valence-corrected chi connectivity index (χ0v) is 16.2. The fourth-order valence-corrected chi connectivity index (χ4v) is 2.64. The Hall–Kier alpha value is -0.570. The van der Waals surface area contributed by atoms with Gasteiger partial charge in [-0.15, -0.1) is 24.0 Å². The quantitative estimate of drug-likeness (QED) is 0.293. The van der Waals surface area contributed by atoms with Crippen LogP contribution in [0.4, 0.5) is 0 Å². The van der Waals surface area contributed by atoms with Crippen LogP contribution in [0.15, 0.2) is 4.99 Å². The summed E-state index contributed by atoms with van der Waals surface area (Å²) in [7, 11) is 0. The van der Waals surface area contributed by atoms with Crippen molar-refractivity contribution in [2.75, 3.05) is 19.7 Å². The van der Waals surface area contributed by atoms with Crippen LogP contribution in [-0.4, -0.2) is 48.8 Å². The monoisotopic (exact) mass is 426 g/mol. The number of hydrogen-bond acceptors (Lipinski definition) is 3. The van der Waals surface area contributed by atoms with Crippen molar-refractivity contribution in [3.8, 4) is 0 Å². The molecule has 0 spiro atoms. The summed E-state index contributed by atoms with van der Waals surface area (Å²) in [5.41, 5.74) is 0. The highest BCUT2D eigenvalue weighted by atomic mass is 127. The molecule has 1 amide bonds. The second kappa shape index (κ2) is 11.9. The summed E-state index contributed by atoms with van der Waals surface area (Å²) in [6.07, 6.45) is 3.89. The number of nitrogens with one attached hydrogen (secondary N) is 3. The number of aliphatic imine (C=N–C) groups is 1. The van der Waals surface area contributed by atoms with E-state index < -0.39 is 0 Å². The number of carbonyl (C=O) groups is 1. The molecular weight excluding hydrogens is 395 g/mol. The Labute approximate surface area is 150 Å². The third-order valence-corrected chi connectivity index (χ3v) is 3.53. The zero-order chi connectivity index (χ0) is 15.7. The molecule has 22 heavy (non-hydrogen) atoms. The number of rotatable bonds is 6. The van der Waals surface area contributed by atoms with Crippen LogP contribution in [0.1, 0.15) is 46.5 Å². The largest absolute Gasteiger partial charge is 0.394 e. The lowest BCUT2D eigenvalue weighted by molar-refractivity contribution is -0.126. The maximum absolute atomic E-state index is 12.1. The van der Waals surface area contributed by atoms with E-state index in [-0.39, 0.29) is 54.5 Å². The van der Waals surface area contributed by atoms with Crippen LogP contribution >= 0.6 is 24.0 Å². The average molecular weight is 426 g/mol. The molecule has 0 aromatic carbocycles. The number of halogens is 1. The molecule has 0 aromatic rings. The molecule has 1 saturated carbocycles. The van der Waals surface area contributed by atoms with Gasteiger partial charge in [0.05, 0.1) is 13.2 Å². The average Bonchev–Trinajstić information content (AvgIpc) is 2.44. The van der Waals surface area contributed by atoms with Gasteiger partial charge in [0.25, 0.3) is 0 Å². The van der Waals surface area contributed by atoms with Crippen molar-refractivity contribution in [1.82, 2.24) is 16.0 Å². The number of hydrogen-bond donors (Lipinski definition) is 4. The summed E-state index contributed by atoms with van der Waals surface area (Å²) in [5, 5.41) is 18.4. The summed E-state index contributed by atoms with van der Waals surface area (Å²) in [5.74, 6) is 0.967. The zero-order valence-electron chi connectivity index (χ0n) is 13.9. The van der Waals surface area contributed by atoms with Gasteiger partial charge in [-0.25, -0.2) is 0 Å². The summed E-state index contributed by atoms with van der Waals surface area (Å²) < 4.78 is 0. The molecule has 0 bridgehead atoms. The fourth-order valence-electron chi connectivity index (χ4n) is 2.64. The maximum atomic E-state index is 12.1. The van der Waals surface area contributed by atoms with Gasteiger partial charge in [0.15, 0.2) is 5.96 Å². The molecule has 0 saturated heterocycles. The summed E-state index contributed by atoms with van der Waals surface area (Å²) in [6.45, 7) is 7.19. The van der Waals surface area contributed by atoms with Crippen LogP contribution in [0.3, 0.4) is 0 Å². The number of guanidine groups is 1. The van der Waals surface area contributed by atoms with Gasteiger partial charge in [0.2, 0.25) is 5.91 Å². The van der Waals surface area contributed by atoms with Gasteiger partial charge in [0.1, 0.15) is 0 Å². The number of carbonyl (C=O) groups excluding carboxylic acids is 1. The van der Waals surface area contributed by atoms with E-state index in [2.05, 4.69) is 20.9 Å². The number of amides is 1. The summed E-state index contributed by atoms with van der Waals surface area (Å²) in [4.78, 5) is 16.4. The lowest BCUT2D eigenvalue weighted by Gasteiger charge is -2.30. The van der Waals surface area contributed by atoms with Crippen molar-refractivity contribution >= 4 is 35.8 Å². The van der Waals surface area contributed by atoms with Crippen LogP contribution < -0.4 is 16.0 Å². The van der Waals surface area contributed by atoms with E-state index in [4.69, 9.17) is 5.11 Å². The highest BCUT2D eigenvalue weighted by Gasteiger charge is 2.27. The molecule has 1 rings (SSSR count). The Kier molecular flexibility index (Phi) is 11.6. The van der Waals surface area contributed by atoms with E-state index in [1.165, 1.54) is 0 Å². The predicted molar refractivity (Wildman–Crippen MR) is 101 cm³/mol. The first-order valence-corrected chi connectivity index (χ1v) is 8.02. The smallest absolute Gasteiger partial charge is 0.223 e. The Bertz CT molecular complexity index is 350. The first-order chi connectivity index (χ1) is 10.1. The van der Waals surface area contributed by atoms with Crippen molar-refractivity contribution in [1.29, 1.82) is 0 Å².